The number of hydrogen-bond donors (Lipinski definition) is 11. The van der Waals surface area contributed by atoms with Crippen LogP contribution in [-0.4, -0.2) is 164 Å². The lowest BCUT2D eigenvalue weighted by Crippen LogP contribution is -2.17. The average molecular weight is 1080 g/mol. The third-order valence-corrected chi connectivity index (χ3v) is 25.2. The Kier molecular flexibility index (Phi) is 64.9. The van der Waals surface area contributed by atoms with E-state index in [2.05, 4.69) is 158 Å². The first-order valence-electron chi connectivity index (χ1n) is 17.0. The lowest BCUT2D eigenvalue weighted by molar-refractivity contribution is 0.908. The van der Waals surface area contributed by atoms with Crippen molar-refractivity contribution in [3.05, 3.63) is 0 Å². The Morgan fingerprint density at radius 2 is 0.608 bits per heavy atom. The van der Waals surface area contributed by atoms with E-state index in [1.807, 2.05) is 94.1 Å². The van der Waals surface area contributed by atoms with E-state index >= 15 is 0 Å². The summed E-state index contributed by atoms with van der Waals surface area (Å²) < 4.78 is 0. The molecule has 6 atom stereocenters. The molecule has 0 amide bonds. The van der Waals surface area contributed by atoms with E-state index in [1.165, 1.54) is 46.7 Å². The normalized spacial score (nSPS) is 14.8. The first-order chi connectivity index (χ1) is 24.8. The smallest absolute Gasteiger partial charge is 0.0229 e. The van der Waals surface area contributed by atoms with Crippen LogP contribution in [-0.2, 0) is 0 Å². The first-order valence-corrected chi connectivity index (χ1v) is 33.7. The second-order valence-electron chi connectivity index (χ2n) is 10.2. The highest BCUT2D eigenvalue weighted by Crippen LogP contribution is 2.28. The maximum Gasteiger partial charge on any atom is 0.0229 e. The van der Waals surface area contributed by atoms with Crippen molar-refractivity contribution in [1.82, 2.24) is 0 Å². The molecule has 0 aliphatic heterocycles. The average Bonchev–Trinajstić information content (AvgIpc) is 3.16. The van der Waals surface area contributed by atoms with Crippen molar-refractivity contribution < 1.29 is 0 Å². The maximum atomic E-state index is 4.47. The van der Waals surface area contributed by atoms with E-state index in [0.29, 0.717) is 26.2 Å². The van der Waals surface area contributed by atoms with Gasteiger partial charge in [0.2, 0.25) is 0 Å². The third-order valence-electron chi connectivity index (χ3n) is 5.94. The zero-order valence-corrected chi connectivity index (χ0v) is 47.2. The molecule has 0 aliphatic rings. The van der Waals surface area contributed by atoms with Crippen LogP contribution in [0.15, 0.2) is 0 Å². The predicted molar refractivity (Wildman–Crippen MR) is 312 cm³/mol. The Bertz CT molecular complexity index is 596. The van der Waals surface area contributed by atoms with E-state index in [4.69, 9.17) is 0 Å². The van der Waals surface area contributed by atoms with E-state index in [-0.39, 0.29) is 0 Å². The summed E-state index contributed by atoms with van der Waals surface area (Å²) in [7, 11) is 0. The van der Waals surface area contributed by atoms with Crippen LogP contribution in [0.5, 0.6) is 0 Å². The number of hydrogen-bond acceptors (Lipinski definition) is 20. The molecule has 0 N–H and O–H groups in total. The Morgan fingerprint density at radius 1 is 0.314 bits per heavy atom. The van der Waals surface area contributed by atoms with Gasteiger partial charge in [-0.15, -0.1) is 0 Å². The summed E-state index contributed by atoms with van der Waals surface area (Å²) in [5.41, 5.74) is 0. The van der Waals surface area contributed by atoms with Crippen LogP contribution in [0.1, 0.15) is 13.3 Å². The highest BCUT2D eigenvalue weighted by Gasteiger charge is 2.15. The molecule has 0 aliphatic carbocycles. The van der Waals surface area contributed by atoms with Gasteiger partial charge >= 0.3 is 0 Å². The molecular weight excluding hydrogens is 1010 g/mol. The molecule has 0 spiro atoms. The van der Waals surface area contributed by atoms with Crippen molar-refractivity contribution >= 4 is 245 Å². The molecule has 0 aromatic carbocycles. The standard InChI is InChI=1S/C11H24S6.2C10H22S7/c1-2-10(8-15-5-3-12)17-11(7-14)9-16-6-4-13;11-1-3-16-9(5-13)7-15-8-10(6-14)17-4-2-12;11-1-3-15-7-9(5-13)17-8-10(6-14)16-4-2-12/h10-14H,2-9H2,1H3;2*9-14H,1-8H2. The number of thioether (sulfide) groups is 9. The topological polar surface area (TPSA) is 0 Å². The molecule has 312 valence electrons. The fourth-order valence-electron chi connectivity index (χ4n) is 3.35. The van der Waals surface area contributed by atoms with E-state index in [9.17, 15) is 0 Å². The summed E-state index contributed by atoms with van der Waals surface area (Å²) in [6.45, 7) is 2.29. The van der Waals surface area contributed by atoms with Crippen LogP contribution >= 0.6 is 245 Å². The highest BCUT2D eigenvalue weighted by atomic mass is 32.2. The van der Waals surface area contributed by atoms with Crippen LogP contribution in [0.2, 0.25) is 0 Å². The van der Waals surface area contributed by atoms with Gasteiger partial charge < -0.3 is 0 Å². The lowest BCUT2D eigenvalue weighted by Gasteiger charge is -2.20. The van der Waals surface area contributed by atoms with Crippen molar-refractivity contribution in [3.8, 4) is 0 Å². The van der Waals surface area contributed by atoms with E-state index in [1.54, 1.807) is 0 Å². The van der Waals surface area contributed by atoms with Crippen LogP contribution in [0.4, 0.5) is 0 Å². The molecule has 0 bridgehead atoms. The monoisotopic (exact) mass is 1080 g/mol. The van der Waals surface area contributed by atoms with Crippen LogP contribution < -0.4 is 0 Å². The zero-order valence-electron chi connectivity index (χ0n) is 30.0. The number of rotatable bonds is 36. The van der Waals surface area contributed by atoms with Crippen molar-refractivity contribution in [2.75, 3.05) is 132 Å². The zero-order chi connectivity index (χ0) is 38.8. The van der Waals surface area contributed by atoms with Crippen molar-refractivity contribution in [3.63, 3.8) is 0 Å². The Hall–Kier alpha value is 7.00. The molecule has 20 heteroatoms. The minimum absolute atomic E-state index is 0.646. The van der Waals surface area contributed by atoms with Gasteiger partial charge in [0.1, 0.15) is 0 Å². The summed E-state index contributed by atoms with van der Waals surface area (Å²) in [6.07, 6.45) is 1.26. The first kappa shape index (κ1) is 62.3. The van der Waals surface area contributed by atoms with Crippen molar-refractivity contribution in [1.29, 1.82) is 0 Å². The van der Waals surface area contributed by atoms with Crippen LogP contribution in [0.3, 0.4) is 0 Å². The van der Waals surface area contributed by atoms with Crippen molar-refractivity contribution in [2.24, 2.45) is 0 Å². The third kappa shape index (κ3) is 46.3. The molecule has 0 heterocycles. The van der Waals surface area contributed by atoms with Gasteiger partial charge in [0, 0.05) is 129 Å². The summed E-state index contributed by atoms with van der Waals surface area (Å²) in [5, 5.41) is 4.07. The largest absolute Gasteiger partial charge is 0.179 e. The van der Waals surface area contributed by atoms with Gasteiger partial charge in [0.05, 0.1) is 0 Å². The van der Waals surface area contributed by atoms with E-state index < -0.39 is 0 Å². The minimum Gasteiger partial charge on any atom is -0.179 e. The summed E-state index contributed by atoms with van der Waals surface area (Å²) in [4.78, 5) is 0. The predicted octanol–water partition coefficient (Wildman–Crippen LogP) is 11.4. The van der Waals surface area contributed by atoms with Gasteiger partial charge in [0.25, 0.3) is 0 Å². The molecule has 0 nitrogen and oxygen atoms in total. The summed E-state index contributed by atoms with van der Waals surface area (Å²) >= 11 is 65.7. The molecule has 0 aromatic rings. The molecular formula is C31H68S20. The molecule has 51 heavy (non-hydrogen) atoms. The van der Waals surface area contributed by atoms with Gasteiger partial charge in [-0.2, -0.15) is 245 Å². The molecule has 0 radical (unpaired) electrons. The van der Waals surface area contributed by atoms with Gasteiger partial charge in [-0.1, -0.05) is 6.92 Å². The molecule has 0 aromatic heterocycles. The van der Waals surface area contributed by atoms with Gasteiger partial charge in [-0.05, 0) is 40.9 Å². The molecule has 0 fully saturated rings. The summed E-state index contributed by atoms with van der Waals surface area (Å²) in [6, 6.07) is 0. The molecule has 6 unspecified atom stereocenters. The fourth-order valence-corrected chi connectivity index (χ4v) is 18.6. The van der Waals surface area contributed by atoms with Gasteiger partial charge in [0.15, 0.2) is 0 Å². The number of thiol groups is 11. The SMILES string of the molecule is CCC(CSCCS)SC(CS)CSCCS.SCCSC(CS)CSCC(CS)SCCS.SCCSCC(CS)SCC(CS)SCCS. The van der Waals surface area contributed by atoms with Gasteiger partial charge in [-0.25, -0.2) is 0 Å². The second-order valence-corrected chi connectivity index (χ2v) is 26.4. The summed E-state index contributed by atoms with van der Waals surface area (Å²) in [5.74, 6) is 24.6. The van der Waals surface area contributed by atoms with Crippen molar-refractivity contribution in [2.45, 2.75) is 44.8 Å². The van der Waals surface area contributed by atoms with Gasteiger partial charge in [-0.3, -0.25) is 0 Å². The highest BCUT2D eigenvalue weighted by molar-refractivity contribution is 8.07. The Labute approximate surface area is 416 Å². The molecule has 0 saturated heterocycles. The molecule has 0 rings (SSSR count). The maximum absolute atomic E-state index is 4.47. The van der Waals surface area contributed by atoms with Crippen LogP contribution in [0.25, 0.3) is 0 Å². The Balaban J connectivity index is -0.000000678. The minimum atomic E-state index is 0.646. The quantitative estimate of drug-likeness (QED) is 0.0218. The lowest BCUT2D eigenvalue weighted by atomic mass is 10.4. The molecule has 0 saturated carbocycles. The fraction of sp³-hybridized carbons (Fsp3) is 1.00. The van der Waals surface area contributed by atoms with E-state index in [0.717, 1.165) is 97.3 Å². The second kappa shape index (κ2) is 53.1. The van der Waals surface area contributed by atoms with Crippen LogP contribution in [0, 0.1) is 0 Å². The Morgan fingerprint density at radius 3 is 0.941 bits per heavy atom.